The van der Waals surface area contributed by atoms with E-state index in [4.69, 9.17) is 9.84 Å². The Morgan fingerprint density at radius 2 is 2.25 bits per heavy atom. The number of carboxylic acid groups (broad SMARTS) is 1. The minimum absolute atomic E-state index is 0.162. The van der Waals surface area contributed by atoms with Crippen molar-refractivity contribution < 1.29 is 19.0 Å². The highest BCUT2D eigenvalue weighted by molar-refractivity contribution is 9.09. The highest BCUT2D eigenvalue weighted by Gasteiger charge is 2.07. The van der Waals surface area contributed by atoms with Crippen molar-refractivity contribution in [3.05, 3.63) is 29.6 Å². The van der Waals surface area contributed by atoms with Crippen molar-refractivity contribution in [2.24, 2.45) is 0 Å². The van der Waals surface area contributed by atoms with Crippen molar-refractivity contribution in [3.8, 4) is 5.75 Å². The summed E-state index contributed by atoms with van der Waals surface area (Å²) >= 11 is 3.24. The smallest absolute Gasteiger partial charge is 0.307 e. The first-order valence-electron chi connectivity index (χ1n) is 4.82. The van der Waals surface area contributed by atoms with Gasteiger partial charge in [-0.2, -0.15) is 0 Å². The topological polar surface area (TPSA) is 46.5 Å². The Balaban J connectivity index is 2.64. The van der Waals surface area contributed by atoms with Crippen LogP contribution < -0.4 is 4.74 Å². The largest absolute Gasteiger partial charge is 0.490 e. The number of aliphatic carboxylic acids is 1. The highest BCUT2D eigenvalue weighted by Crippen LogP contribution is 2.18. The number of ether oxygens (including phenoxy) is 1. The lowest BCUT2D eigenvalue weighted by atomic mass is 10.1. The van der Waals surface area contributed by atoms with Gasteiger partial charge in [-0.05, 0) is 24.1 Å². The number of hydrogen-bond donors (Lipinski definition) is 1. The first-order valence-corrected chi connectivity index (χ1v) is 5.94. The summed E-state index contributed by atoms with van der Waals surface area (Å²) in [6.45, 7) is 0.431. The van der Waals surface area contributed by atoms with Gasteiger partial charge in [0, 0.05) is 5.33 Å². The van der Waals surface area contributed by atoms with E-state index in [-0.39, 0.29) is 12.2 Å². The summed E-state index contributed by atoms with van der Waals surface area (Å²) in [5, 5.41) is 9.34. The number of carboxylic acids is 1. The van der Waals surface area contributed by atoms with E-state index in [1.165, 1.54) is 12.1 Å². The van der Waals surface area contributed by atoms with Gasteiger partial charge in [0.2, 0.25) is 0 Å². The lowest BCUT2D eigenvalue weighted by Gasteiger charge is -2.07. The van der Waals surface area contributed by atoms with E-state index < -0.39 is 11.8 Å². The lowest BCUT2D eigenvalue weighted by molar-refractivity contribution is -0.136. The summed E-state index contributed by atoms with van der Waals surface area (Å²) in [6, 6.07) is 4.21. The molecule has 0 radical (unpaired) electrons. The van der Waals surface area contributed by atoms with Crippen LogP contribution in [0.4, 0.5) is 4.39 Å². The molecular formula is C11H12BrFO3. The van der Waals surface area contributed by atoms with Crippen molar-refractivity contribution >= 4 is 21.9 Å². The van der Waals surface area contributed by atoms with Gasteiger partial charge < -0.3 is 9.84 Å². The van der Waals surface area contributed by atoms with E-state index in [0.717, 1.165) is 11.8 Å². The SMILES string of the molecule is O=C(O)Cc1ccc(OCCCBr)c(F)c1. The van der Waals surface area contributed by atoms with Crippen LogP contribution in [0.3, 0.4) is 0 Å². The maximum absolute atomic E-state index is 13.4. The first kappa shape index (κ1) is 13.0. The van der Waals surface area contributed by atoms with E-state index in [0.29, 0.717) is 12.2 Å². The number of benzene rings is 1. The van der Waals surface area contributed by atoms with Crippen LogP contribution in [-0.2, 0) is 11.2 Å². The molecule has 0 fully saturated rings. The fourth-order valence-electron chi connectivity index (χ4n) is 1.18. The third kappa shape index (κ3) is 4.18. The van der Waals surface area contributed by atoms with Gasteiger partial charge in [-0.3, -0.25) is 4.79 Å². The predicted molar refractivity (Wildman–Crippen MR) is 61.6 cm³/mol. The van der Waals surface area contributed by atoms with Crippen molar-refractivity contribution in [1.29, 1.82) is 0 Å². The van der Waals surface area contributed by atoms with E-state index in [9.17, 15) is 9.18 Å². The minimum Gasteiger partial charge on any atom is -0.490 e. The standard InChI is InChI=1S/C11H12BrFO3/c12-4-1-5-16-10-3-2-8(6-9(10)13)7-11(14)15/h2-3,6H,1,4-5,7H2,(H,14,15). The highest BCUT2D eigenvalue weighted by atomic mass is 79.9. The molecular weight excluding hydrogens is 279 g/mol. The molecule has 1 aromatic rings. The van der Waals surface area contributed by atoms with Crippen LogP contribution in [0.25, 0.3) is 0 Å². The van der Waals surface area contributed by atoms with Crippen molar-refractivity contribution in [3.63, 3.8) is 0 Å². The molecule has 0 aliphatic rings. The zero-order chi connectivity index (χ0) is 12.0. The predicted octanol–water partition coefficient (Wildman–Crippen LogP) is 2.62. The van der Waals surface area contributed by atoms with Crippen LogP contribution in [0.15, 0.2) is 18.2 Å². The maximum atomic E-state index is 13.4. The molecule has 3 nitrogen and oxygen atoms in total. The molecule has 0 saturated carbocycles. The van der Waals surface area contributed by atoms with E-state index in [2.05, 4.69) is 15.9 Å². The van der Waals surface area contributed by atoms with Gasteiger partial charge in [-0.1, -0.05) is 22.0 Å². The van der Waals surface area contributed by atoms with Crippen LogP contribution in [-0.4, -0.2) is 23.0 Å². The average molecular weight is 291 g/mol. The van der Waals surface area contributed by atoms with Gasteiger partial charge >= 0.3 is 5.97 Å². The summed E-state index contributed by atoms with van der Waals surface area (Å²) in [5.74, 6) is -1.34. The van der Waals surface area contributed by atoms with Crippen LogP contribution in [0.2, 0.25) is 0 Å². The van der Waals surface area contributed by atoms with Gasteiger partial charge in [0.05, 0.1) is 13.0 Å². The fourth-order valence-corrected chi connectivity index (χ4v) is 1.41. The first-order chi connectivity index (χ1) is 7.63. The molecule has 1 rings (SSSR count). The summed E-state index contributed by atoms with van der Waals surface area (Å²) in [4.78, 5) is 10.4. The molecule has 0 spiro atoms. The molecule has 0 amide bonds. The number of hydrogen-bond acceptors (Lipinski definition) is 2. The van der Waals surface area contributed by atoms with E-state index >= 15 is 0 Å². The second-order valence-corrected chi connectivity index (χ2v) is 4.02. The summed E-state index contributed by atoms with van der Waals surface area (Å²) in [6.07, 6.45) is 0.606. The second-order valence-electron chi connectivity index (χ2n) is 3.23. The van der Waals surface area contributed by atoms with E-state index in [1.54, 1.807) is 6.07 Å². The van der Waals surface area contributed by atoms with Crippen LogP contribution in [0.1, 0.15) is 12.0 Å². The van der Waals surface area contributed by atoms with Crippen molar-refractivity contribution in [2.45, 2.75) is 12.8 Å². The monoisotopic (exact) mass is 290 g/mol. The van der Waals surface area contributed by atoms with Crippen LogP contribution in [0, 0.1) is 5.82 Å². The molecule has 1 N–H and O–H groups in total. The van der Waals surface area contributed by atoms with Gasteiger partial charge in [0.25, 0.3) is 0 Å². The Bertz CT molecular complexity index is 368. The number of halogens is 2. The molecule has 0 bridgehead atoms. The van der Waals surface area contributed by atoms with Gasteiger partial charge in [0.1, 0.15) is 0 Å². The molecule has 0 aliphatic heterocycles. The Morgan fingerprint density at radius 3 is 2.81 bits per heavy atom. The molecule has 0 heterocycles. The zero-order valence-corrected chi connectivity index (χ0v) is 10.2. The Morgan fingerprint density at radius 1 is 1.50 bits per heavy atom. The molecule has 0 aliphatic carbocycles. The normalized spacial score (nSPS) is 10.1. The molecule has 88 valence electrons. The Hall–Kier alpha value is -1.10. The second kappa shape index (κ2) is 6.48. The number of rotatable bonds is 6. The molecule has 0 atom stereocenters. The van der Waals surface area contributed by atoms with E-state index in [1.807, 2.05) is 0 Å². The van der Waals surface area contributed by atoms with Crippen molar-refractivity contribution in [1.82, 2.24) is 0 Å². The van der Waals surface area contributed by atoms with Gasteiger partial charge in [-0.15, -0.1) is 0 Å². The lowest BCUT2D eigenvalue weighted by Crippen LogP contribution is -2.03. The zero-order valence-electron chi connectivity index (χ0n) is 8.58. The summed E-state index contributed by atoms with van der Waals surface area (Å²) in [7, 11) is 0. The maximum Gasteiger partial charge on any atom is 0.307 e. The molecule has 0 unspecified atom stereocenters. The molecule has 0 saturated heterocycles. The molecule has 0 aromatic heterocycles. The van der Waals surface area contributed by atoms with Crippen molar-refractivity contribution in [2.75, 3.05) is 11.9 Å². The molecule has 5 heteroatoms. The molecule has 1 aromatic carbocycles. The third-order valence-electron chi connectivity index (χ3n) is 1.89. The fraction of sp³-hybridized carbons (Fsp3) is 0.364. The van der Waals surface area contributed by atoms with Crippen LogP contribution in [0.5, 0.6) is 5.75 Å². The Labute approximate surface area is 101 Å². The quantitative estimate of drug-likeness (QED) is 0.647. The number of alkyl halides is 1. The molecule has 16 heavy (non-hydrogen) atoms. The Kier molecular flexibility index (Phi) is 5.25. The summed E-state index contributed by atoms with van der Waals surface area (Å²) in [5.41, 5.74) is 0.429. The average Bonchev–Trinajstić information content (AvgIpc) is 2.20. The summed E-state index contributed by atoms with van der Waals surface area (Å²) < 4.78 is 18.6. The minimum atomic E-state index is -0.979. The van der Waals surface area contributed by atoms with Gasteiger partial charge in [-0.25, -0.2) is 4.39 Å². The number of carbonyl (C=O) groups is 1. The van der Waals surface area contributed by atoms with Gasteiger partial charge in [0.15, 0.2) is 11.6 Å². The third-order valence-corrected chi connectivity index (χ3v) is 2.45. The van der Waals surface area contributed by atoms with Crippen LogP contribution >= 0.6 is 15.9 Å².